The fourth-order valence-electron chi connectivity index (χ4n) is 4.64. The van der Waals surface area contributed by atoms with Gasteiger partial charge in [-0.3, -0.25) is 4.90 Å². The lowest BCUT2D eigenvalue weighted by Crippen LogP contribution is -2.38. The van der Waals surface area contributed by atoms with Gasteiger partial charge in [0.15, 0.2) is 0 Å². The maximum absolute atomic E-state index is 13.1. The number of hydrogen-bond donors (Lipinski definition) is 2. The number of aromatic nitrogens is 1. The number of nitrogens with zero attached hydrogens (tertiary/aromatic N) is 2. The first-order valence-electron chi connectivity index (χ1n) is 12.5. The molecular weight excluding hydrogens is 440 g/mol. The van der Waals surface area contributed by atoms with Gasteiger partial charge in [0.05, 0.1) is 6.04 Å². The van der Waals surface area contributed by atoms with Crippen molar-refractivity contribution in [2.24, 2.45) is 5.92 Å². The Morgan fingerprint density at radius 3 is 2.53 bits per heavy atom. The van der Waals surface area contributed by atoms with Crippen LogP contribution in [-0.4, -0.2) is 28.6 Å². The molecule has 0 fully saturated rings. The highest BCUT2D eigenvalue weighted by Crippen LogP contribution is 2.41. The Morgan fingerprint density at radius 2 is 1.85 bits per heavy atom. The van der Waals surface area contributed by atoms with Crippen molar-refractivity contribution in [3.63, 3.8) is 0 Å². The number of urea groups is 1. The monoisotopic (exact) mass is 478 g/mol. The van der Waals surface area contributed by atoms with Gasteiger partial charge in [0.1, 0.15) is 5.00 Å². The molecule has 0 saturated carbocycles. The van der Waals surface area contributed by atoms with E-state index >= 15 is 0 Å². The number of amides is 2. The van der Waals surface area contributed by atoms with Crippen molar-refractivity contribution in [1.82, 2.24) is 20.1 Å². The van der Waals surface area contributed by atoms with Crippen molar-refractivity contribution in [3.8, 4) is 5.00 Å². The molecule has 5 nitrogen and oxygen atoms in total. The van der Waals surface area contributed by atoms with E-state index < -0.39 is 0 Å². The van der Waals surface area contributed by atoms with E-state index in [1.807, 2.05) is 11.3 Å². The summed E-state index contributed by atoms with van der Waals surface area (Å²) in [4.78, 5) is 17.0. The molecule has 0 aliphatic carbocycles. The second-order valence-electron chi connectivity index (χ2n) is 9.77. The number of hydrogen-bond acceptors (Lipinski definition) is 3. The average Bonchev–Trinajstić information content (AvgIpc) is 3.48. The lowest BCUT2D eigenvalue weighted by molar-refractivity contribution is 0.235. The van der Waals surface area contributed by atoms with E-state index in [-0.39, 0.29) is 12.1 Å². The van der Waals surface area contributed by atoms with E-state index in [1.165, 1.54) is 26.6 Å². The number of thiophene rings is 1. The molecule has 3 aromatic rings. The Morgan fingerprint density at radius 1 is 1.12 bits per heavy atom. The predicted octanol–water partition coefficient (Wildman–Crippen LogP) is 6.20. The largest absolute Gasteiger partial charge is 0.334 e. The molecule has 2 aromatic heterocycles. The first kappa shape index (κ1) is 24.6. The minimum absolute atomic E-state index is 0.00834. The SMILES string of the molecule is CCN1CCc2c(sc(-n3cccc3)c2[C@H](CCC(C)C)NC(=O)NCc2ccc(C)cc2)C1. The molecule has 6 heteroatoms. The van der Waals surface area contributed by atoms with E-state index in [4.69, 9.17) is 0 Å². The van der Waals surface area contributed by atoms with Gasteiger partial charge in [-0.2, -0.15) is 0 Å². The molecule has 1 atom stereocenters. The quantitative estimate of drug-likeness (QED) is 0.385. The number of rotatable bonds is 9. The van der Waals surface area contributed by atoms with Crippen LogP contribution in [0.25, 0.3) is 5.00 Å². The third kappa shape index (κ3) is 5.91. The van der Waals surface area contributed by atoms with E-state index in [2.05, 4.69) is 96.6 Å². The maximum Gasteiger partial charge on any atom is 0.315 e. The summed E-state index contributed by atoms with van der Waals surface area (Å²) in [5.74, 6) is 0.583. The van der Waals surface area contributed by atoms with Crippen LogP contribution in [-0.2, 0) is 19.5 Å². The molecule has 0 unspecified atom stereocenters. The summed E-state index contributed by atoms with van der Waals surface area (Å²) < 4.78 is 2.23. The van der Waals surface area contributed by atoms with Gasteiger partial charge >= 0.3 is 6.03 Å². The molecule has 0 radical (unpaired) electrons. The molecule has 1 aromatic carbocycles. The number of carbonyl (C=O) groups excluding carboxylic acids is 1. The van der Waals surface area contributed by atoms with Crippen LogP contribution in [0.5, 0.6) is 0 Å². The summed E-state index contributed by atoms with van der Waals surface area (Å²) in [6, 6.07) is 12.4. The van der Waals surface area contributed by atoms with E-state index in [0.717, 1.165) is 44.5 Å². The van der Waals surface area contributed by atoms with E-state index in [0.29, 0.717) is 12.5 Å². The zero-order valence-corrected chi connectivity index (χ0v) is 21.8. The first-order chi connectivity index (χ1) is 16.4. The Labute approximate surface area is 208 Å². The maximum atomic E-state index is 13.1. The minimum atomic E-state index is -0.0984. The highest BCUT2D eigenvalue weighted by Gasteiger charge is 2.30. The molecule has 34 heavy (non-hydrogen) atoms. The number of benzene rings is 1. The van der Waals surface area contributed by atoms with Gasteiger partial charge in [-0.15, -0.1) is 11.3 Å². The Kier molecular flexibility index (Phi) is 8.11. The fraction of sp³-hybridized carbons (Fsp3) is 0.464. The van der Waals surface area contributed by atoms with Crippen LogP contribution < -0.4 is 10.6 Å². The zero-order valence-electron chi connectivity index (χ0n) is 20.9. The van der Waals surface area contributed by atoms with Crippen molar-refractivity contribution in [2.45, 2.75) is 66.1 Å². The third-order valence-electron chi connectivity index (χ3n) is 6.70. The van der Waals surface area contributed by atoms with Gasteiger partial charge in [-0.1, -0.05) is 50.6 Å². The van der Waals surface area contributed by atoms with Crippen molar-refractivity contribution in [1.29, 1.82) is 0 Å². The lowest BCUT2D eigenvalue weighted by atomic mass is 9.92. The van der Waals surface area contributed by atoms with Gasteiger partial charge in [0.25, 0.3) is 0 Å². The molecule has 1 aliphatic heterocycles. The van der Waals surface area contributed by atoms with Crippen molar-refractivity contribution in [3.05, 3.63) is 75.9 Å². The number of aryl methyl sites for hydroxylation is 1. The fourth-order valence-corrected chi connectivity index (χ4v) is 6.06. The van der Waals surface area contributed by atoms with Crippen LogP contribution in [0, 0.1) is 12.8 Å². The Bertz CT molecular complexity index is 1070. The third-order valence-corrected chi connectivity index (χ3v) is 7.95. The molecule has 4 rings (SSSR count). The Balaban J connectivity index is 1.60. The molecule has 182 valence electrons. The van der Waals surface area contributed by atoms with Gasteiger partial charge < -0.3 is 15.2 Å². The Hall–Kier alpha value is -2.57. The number of carbonyl (C=O) groups is 1. The number of fused-ring (bicyclic) bond motifs is 1. The summed E-state index contributed by atoms with van der Waals surface area (Å²) >= 11 is 1.89. The predicted molar refractivity (Wildman–Crippen MR) is 142 cm³/mol. The van der Waals surface area contributed by atoms with Crippen LogP contribution in [0.3, 0.4) is 0 Å². The molecule has 0 saturated heterocycles. The summed E-state index contributed by atoms with van der Waals surface area (Å²) in [6.07, 6.45) is 7.29. The number of likely N-dealkylation sites (N-methyl/N-ethyl adjacent to an activating group) is 1. The van der Waals surface area contributed by atoms with Crippen LogP contribution in [0.4, 0.5) is 4.79 Å². The second kappa shape index (κ2) is 11.2. The van der Waals surface area contributed by atoms with Crippen LogP contribution in [0.2, 0.25) is 0 Å². The van der Waals surface area contributed by atoms with Gasteiger partial charge in [0.2, 0.25) is 0 Å². The van der Waals surface area contributed by atoms with Crippen molar-refractivity contribution in [2.75, 3.05) is 13.1 Å². The molecule has 2 N–H and O–H groups in total. The summed E-state index contributed by atoms with van der Waals surface area (Å²) in [7, 11) is 0. The summed E-state index contributed by atoms with van der Waals surface area (Å²) in [6.45, 7) is 12.5. The topological polar surface area (TPSA) is 49.3 Å². The van der Waals surface area contributed by atoms with Crippen LogP contribution in [0.15, 0.2) is 48.8 Å². The van der Waals surface area contributed by atoms with E-state index in [9.17, 15) is 4.79 Å². The normalized spacial score (nSPS) is 14.7. The molecular formula is C28H38N4OS. The van der Waals surface area contributed by atoms with Crippen molar-refractivity contribution < 1.29 is 4.79 Å². The first-order valence-corrected chi connectivity index (χ1v) is 13.4. The van der Waals surface area contributed by atoms with Crippen LogP contribution >= 0.6 is 11.3 Å². The smallest absolute Gasteiger partial charge is 0.315 e. The average molecular weight is 479 g/mol. The van der Waals surface area contributed by atoms with Gasteiger partial charge in [-0.25, -0.2) is 4.79 Å². The zero-order chi connectivity index (χ0) is 24.1. The highest BCUT2D eigenvalue weighted by atomic mass is 32.1. The van der Waals surface area contributed by atoms with Gasteiger partial charge in [0, 0.05) is 42.5 Å². The minimum Gasteiger partial charge on any atom is -0.334 e. The number of nitrogens with one attached hydrogen (secondary N) is 2. The summed E-state index contributed by atoms with van der Waals surface area (Å²) in [5.41, 5.74) is 5.10. The standard InChI is InChI=1S/C28H38N4OS/c1-5-31-17-14-23-25(19-31)34-27(32-15-6-7-16-32)26(23)24(13-8-20(2)3)30-28(33)29-18-22-11-9-21(4)10-12-22/h6-7,9-12,15-16,20,24H,5,8,13-14,17-19H2,1-4H3,(H2,29,30,33)/t24-/m0/s1. The molecule has 3 heterocycles. The molecule has 2 amide bonds. The molecule has 0 bridgehead atoms. The lowest BCUT2D eigenvalue weighted by Gasteiger charge is -2.28. The molecule has 1 aliphatic rings. The summed E-state index contributed by atoms with van der Waals surface area (Å²) in [5, 5.41) is 7.70. The second-order valence-corrected chi connectivity index (χ2v) is 10.9. The van der Waals surface area contributed by atoms with E-state index in [1.54, 1.807) is 0 Å². The van der Waals surface area contributed by atoms with Gasteiger partial charge in [-0.05, 0) is 61.9 Å². The van der Waals surface area contributed by atoms with Crippen LogP contribution in [0.1, 0.15) is 66.8 Å². The molecule has 0 spiro atoms. The highest BCUT2D eigenvalue weighted by molar-refractivity contribution is 7.15. The van der Waals surface area contributed by atoms with Crippen molar-refractivity contribution >= 4 is 17.4 Å².